The largest absolute Gasteiger partial charge is 0.378 e. The first kappa shape index (κ1) is 19.3. The molecule has 2 N–H and O–H groups in total. The van der Waals surface area contributed by atoms with E-state index in [0.717, 1.165) is 22.4 Å². The maximum Gasteiger partial charge on any atom is 0.267 e. The number of morpholine rings is 1. The fraction of sp³-hybridized carbons (Fsp3) is 0.381. The number of carbonyl (C=O) groups is 1. The van der Waals surface area contributed by atoms with E-state index in [1.807, 2.05) is 26.0 Å². The van der Waals surface area contributed by atoms with E-state index in [1.54, 1.807) is 12.1 Å². The van der Waals surface area contributed by atoms with E-state index in [9.17, 15) is 9.18 Å². The van der Waals surface area contributed by atoms with E-state index in [0.29, 0.717) is 55.4 Å². The predicted octanol–water partition coefficient (Wildman–Crippen LogP) is 2.34. The molecule has 3 heterocycles. The van der Waals surface area contributed by atoms with Crippen LogP contribution in [-0.2, 0) is 17.8 Å². The molecule has 3 aromatic rings. The predicted molar refractivity (Wildman–Crippen MR) is 108 cm³/mol. The van der Waals surface area contributed by atoms with Crippen LogP contribution in [0.5, 0.6) is 0 Å². The lowest BCUT2D eigenvalue weighted by Crippen LogP contribution is -2.37. The number of ether oxygens (including phenoxy) is 1. The molecule has 0 unspecified atom stereocenters. The molecule has 1 amide bonds. The molecule has 152 valence electrons. The average Bonchev–Trinajstić information content (AvgIpc) is 3.04. The van der Waals surface area contributed by atoms with E-state index in [2.05, 4.69) is 10.00 Å². The van der Waals surface area contributed by atoms with Gasteiger partial charge in [0.05, 0.1) is 18.9 Å². The van der Waals surface area contributed by atoms with Crippen molar-refractivity contribution in [3.63, 3.8) is 0 Å². The quantitative estimate of drug-likeness (QED) is 0.714. The summed E-state index contributed by atoms with van der Waals surface area (Å²) in [4.78, 5) is 19.0. The van der Waals surface area contributed by atoms with Gasteiger partial charge in [0.1, 0.15) is 18.2 Å². The molecule has 1 saturated heterocycles. The van der Waals surface area contributed by atoms with Crippen LogP contribution in [-0.4, -0.2) is 46.8 Å². The molecule has 0 radical (unpaired) electrons. The van der Waals surface area contributed by atoms with E-state index in [-0.39, 0.29) is 0 Å². The van der Waals surface area contributed by atoms with Crippen molar-refractivity contribution in [1.82, 2.24) is 14.6 Å². The van der Waals surface area contributed by atoms with Gasteiger partial charge in [0.15, 0.2) is 5.65 Å². The number of primary amides is 1. The highest BCUT2D eigenvalue weighted by molar-refractivity contribution is 5.92. The molecule has 8 heteroatoms. The van der Waals surface area contributed by atoms with Crippen LogP contribution < -0.4 is 10.6 Å². The first-order valence-electron chi connectivity index (χ1n) is 9.64. The highest BCUT2D eigenvalue weighted by Crippen LogP contribution is 2.25. The van der Waals surface area contributed by atoms with Gasteiger partial charge in [-0.15, -0.1) is 0 Å². The Kier molecular flexibility index (Phi) is 5.19. The van der Waals surface area contributed by atoms with Crippen molar-refractivity contribution in [2.45, 2.75) is 26.9 Å². The smallest absolute Gasteiger partial charge is 0.267 e. The van der Waals surface area contributed by atoms with Crippen LogP contribution in [0.15, 0.2) is 24.3 Å². The number of rotatable bonds is 5. The van der Waals surface area contributed by atoms with Crippen LogP contribution in [0.2, 0.25) is 0 Å². The summed E-state index contributed by atoms with van der Waals surface area (Å²) in [5.41, 5.74) is 10.8. The first-order valence-corrected chi connectivity index (χ1v) is 9.64. The van der Waals surface area contributed by atoms with E-state index >= 15 is 0 Å². The van der Waals surface area contributed by atoms with Crippen LogP contribution in [0.25, 0.3) is 5.65 Å². The van der Waals surface area contributed by atoms with Crippen molar-refractivity contribution in [1.29, 1.82) is 0 Å². The summed E-state index contributed by atoms with van der Waals surface area (Å²) < 4.78 is 20.2. The lowest BCUT2D eigenvalue weighted by atomic mass is 9.97. The third-order valence-electron chi connectivity index (χ3n) is 5.53. The number of benzene rings is 1. The summed E-state index contributed by atoms with van der Waals surface area (Å²) in [5, 5.41) is 4.53. The monoisotopic (exact) mass is 397 g/mol. The van der Waals surface area contributed by atoms with Gasteiger partial charge >= 0.3 is 0 Å². The Morgan fingerprint density at radius 1 is 1.24 bits per heavy atom. The van der Waals surface area contributed by atoms with E-state index in [1.165, 1.54) is 4.52 Å². The molecule has 7 nitrogen and oxygen atoms in total. The average molecular weight is 397 g/mol. The Hall–Kier alpha value is -3.00. The molecule has 29 heavy (non-hydrogen) atoms. The molecule has 1 aliphatic rings. The first-order chi connectivity index (χ1) is 14.0. The summed E-state index contributed by atoms with van der Waals surface area (Å²) in [6.07, 6.45) is 0.548. The Morgan fingerprint density at radius 2 is 1.97 bits per heavy atom. The van der Waals surface area contributed by atoms with Crippen molar-refractivity contribution in [3.05, 3.63) is 57.9 Å². The summed E-state index contributed by atoms with van der Waals surface area (Å²) in [6, 6.07) is 7.32. The standard InChI is InChI=1S/C21H24FN5O2/c1-13-15(4-3-5-16(13)12-22)10-17-14(2)25-27-18(20(23)28)11-19(24-21(17)27)26-6-8-29-9-7-26/h3-5,11H,6-10,12H2,1-2H3,(H2,23,28). The Bertz CT molecular complexity index is 1070. The minimum absolute atomic E-state index is 0.292. The molecule has 4 rings (SSSR count). The molecule has 2 aromatic heterocycles. The third-order valence-corrected chi connectivity index (χ3v) is 5.53. The Morgan fingerprint density at radius 3 is 2.66 bits per heavy atom. The SMILES string of the molecule is Cc1nn2c(C(N)=O)cc(N3CCOCC3)nc2c1Cc1cccc(CF)c1C. The number of halogens is 1. The molecule has 1 aliphatic heterocycles. The van der Waals surface area contributed by atoms with Crippen LogP contribution in [0, 0.1) is 13.8 Å². The van der Waals surface area contributed by atoms with Gasteiger partial charge in [-0.1, -0.05) is 18.2 Å². The van der Waals surface area contributed by atoms with Gasteiger partial charge < -0.3 is 15.4 Å². The molecule has 0 saturated carbocycles. The molecular weight excluding hydrogens is 373 g/mol. The minimum atomic E-state index is -0.559. The van der Waals surface area contributed by atoms with Crippen LogP contribution in [0.4, 0.5) is 10.2 Å². The summed E-state index contributed by atoms with van der Waals surface area (Å²) in [7, 11) is 0. The summed E-state index contributed by atoms with van der Waals surface area (Å²) in [5.74, 6) is 0.126. The Labute approximate surface area is 168 Å². The fourth-order valence-electron chi connectivity index (χ4n) is 3.75. The molecule has 1 aromatic carbocycles. The molecule has 0 atom stereocenters. The number of nitrogens with two attached hydrogens (primary N) is 1. The number of nitrogens with zero attached hydrogens (tertiary/aromatic N) is 4. The van der Waals surface area contributed by atoms with Crippen molar-refractivity contribution < 1.29 is 13.9 Å². The van der Waals surface area contributed by atoms with Crippen LogP contribution in [0.3, 0.4) is 0 Å². The maximum absolute atomic E-state index is 13.3. The van der Waals surface area contributed by atoms with Crippen molar-refractivity contribution in [2.24, 2.45) is 5.73 Å². The zero-order valence-corrected chi connectivity index (χ0v) is 16.6. The van der Waals surface area contributed by atoms with Crippen molar-refractivity contribution >= 4 is 17.4 Å². The highest BCUT2D eigenvalue weighted by Gasteiger charge is 2.22. The number of fused-ring (bicyclic) bond motifs is 1. The second-order valence-corrected chi connectivity index (χ2v) is 7.27. The van der Waals surface area contributed by atoms with Crippen LogP contribution >= 0.6 is 0 Å². The van der Waals surface area contributed by atoms with Gasteiger partial charge in [-0.2, -0.15) is 5.10 Å². The van der Waals surface area contributed by atoms with Crippen molar-refractivity contribution in [2.75, 3.05) is 31.2 Å². The zero-order chi connectivity index (χ0) is 20.5. The van der Waals surface area contributed by atoms with Crippen LogP contribution in [0.1, 0.15) is 38.4 Å². The van der Waals surface area contributed by atoms with Gasteiger partial charge in [-0.3, -0.25) is 4.79 Å². The lowest BCUT2D eigenvalue weighted by molar-refractivity contribution is 0.0993. The number of anilines is 1. The third kappa shape index (κ3) is 3.55. The van der Waals surface area contributed by atoms with Gasteiger partial charge in [0.25, 0.3) is 5.91 Å². The zero-order valence-electron chi connectivity index (χ0n) is 16.6. The van der Waals surface area contributed by atoms with Gasteiger partial charge in [-0.25, -0.2) is 13.9 Å². The van der Waals surface area contributed by atoms with Gasteiger partial charge in [0, 0.05) is 31.1 Å². The number of aromatic nitrogens is 3. The van der Waals surface area contributed by atoms with E-state index < -0.39 is 12.6 Å². The number of amides is 1. The molecule has 1 fully saturated rings. The number of alkyl halides is 1. The Balaban J connectivity index is 1.85. The number of hydrogen-bond acceptors (Lipinski definition) is 5. The minimum Gasteiger partial charge on any atom is -0.378 e. The molecule has 0 aliphatic carbocycles. The molecule has 0 spiro atoms. The maximum atomic E-state index is 13.3. The van der Waals surface area contributed by atoms with Gasteiger partial charge in [0.2, 0.25) is 0 Å². The normalized spacial score (nSPS) is 14.5. The van der Waals surface area contributed by atoms with Gasteiger partial charge in [-0.05, 0) is 30.5 Å². The summed E-state index contributed by atoms with van der Waals surface area (Å²) >= 11 is 0. The number of hydrogen-bond donors (Lipinski definition) is 1. The number of aryl methyl sites for hydroxylation is 1. The van der Waals surface area contributed by atoms with E-state index in [4.69, 9.17) is 15.5 Å². The fourth-order valence-corrected chi connectivity index (χ4v) is 3.75. The highest BCUT2D eigenvalue weighted by atomic mass is 19.1. The second kappa shape index (κ2) is 7.79. The van der Waals surface area contributed by atoms with Crippen molar-refractivity contribution in [3.8, 4) is 0 Å². The lowest BCUT2D eigenvalue weighted by Gasteiger charge is -2.28. The number of carbonyl (C=O) groups excluding carboxylic acids is 1. The topological polar surface area (TPSA) is 85.8 Å². The molecular formula is C21H24FN5O2. The summed E-state index contributed by atoms with van der Waals surface area (Å²) in [6.45, 7) is 5.92. The second-order valence-electron chi connectivity index (χ2n) is 7.27. The molecule has 0 bridgehead atoms.